The number of carboxylic acid groups (broad SMARTS) is 1. The standard InChI is InChI=1S/C17H18N4O2/c1-10-8-13-15(18-10)19-11(2)20-16(13)21-14(17(22)23)9-12-6-4-3-5-7-12/h3-8,14H,9H2,1-2H3,(H,22,23)(H2,18,19,20,21). The van der Waals surface area contributed by atoms with E-state index in [0.29, 0.717) is 23.7 Å². The number of aryl methyl sites for hydroxylation is 2. The molecular formula is C17H18N4O2. The molecule has 0 saturated heterocycles. The van der Waals surface area contributed by atoms with Crippen molar-refractivity contribution < 1.29 is 9.90 Å². The number of anilines is 1. The Morgan fingerprint density at radius 2 is 2.00 bits per heavy atom. The molecule has 6 nitrogen and oxygen atoms in total. The van der Waals surface area contributed by atoms with Crippen molar-refractivity contribution in [2.24, 2.45) is 0 Å². The van der Waals surface area contributed by atoms with Gasteiger partial charge in [-0.1, -0.05) is 30.3 Å². The maximum absolute atomic E-state index is 11.6. The summed E-state index contributed by atoms with van der Waals surface area (Å²) in [6.45, 7) is 3.72. The summed E-state index contributed by atoms with van der Waals surface area (Å²) in [5, 5.41) is 13.4. The van der Waals surface area contributed by atoms with E-state index in [4.69, 9.17) is 0 Å². The van der Waals surface area contributed by atoms with Gasteiger partial charge in [0.2, 0.25) is 0 Å². The largest absolute Gasteiger partial charge is 0.480 e. The van der Waals surface area contributed by atoms with Crippen molar-refractivity contribution in [2.75, 3.05) is 5.32 Å². The first kappa shape index (κ1) is 15.0. The van der Waals surface area contributed by atoms with Crippen LogP contribution in [0.5, 0.6) is 0 Å². The van der Waals surface area contributed by atoms with Crippen molar-refractivity contribution in [3.8, 4) is 0 Å². The van der Waals surface area contributed by atoms with Crippen molar-refractivity contribution in [1.29, 1.82) is 0 Å². The fraction of sp³-hybridized carbons (Fsp3) is 0.235. The molecule has 0 aliphatic carbocycles. The van der Waals surface area contributed by atoms with E-state index in [2.05, 4.69) is 20.3 Å². The molecule has 0 spiro atoms. The van der Waals surface area contributed by atoms with E-state index in [1.807, 2.05) is 43.3 Å². The van der Waals surface area contributed by atoms with Crippen LogP contribution in [0.1, 0.15) is 17.1 Å². The molecule has 2 heterocycles. The molecule has 118 valence electrons. The topological polar surface area (TPSA) is 90.9 Å². The van der Waals surface area contributed by atoms with Crippen molar-refractivity contribution in [1.82, 2.24) is 15.0 Å². The van der Waals surface area contributed by atoms with Crippen LogP contribution in [0.3, 0.4) is 0 Å². The molecule has 0 saturated carbocycles. The van der Waals surface area contributed by atoms with Gasteiger partial charge in [-0.25, -0.2) is 14.8 Å². The minimum Gasteiger partial charge on any atom is -0.480 e. The van der Waals surface area contributed by atoms with Gasteiger partial charge in [-0.15, -0.1) is 0 Å². The van der Waals surface area contributed by atoms with Crippen LogP contribution in [0.2, 0.25) is 0 Å². The lowest BCUT2D eigenvalue weighted by Gasteiger charge is -2.16. The van der Waals surface area contributed by atoms with Gasteiger partial charge in [0.05, 0.1) is 5.39 Å². The van der Waals surface area contributed by atoms with E-state index in [9.17, 15) is 9.90 Å². The van der Waals surface area contributed by atoms with Crippen LogP contribution >= 0.6 is 0 Å². The summed E-state index contributed by atoms with van der Waals surface area (Å²) in [5.74, 6) is 0.219. The summed E-state index contributed by atoms with van der Waals surface area (Å²) in [4.78, 5) is 23.5. The maximum Gasteiger partial charge on any atom is 0.326 e. The van der Waals surface area contributed by atoms with E-state index in [1.54, 1.807) is 6.92 Å². The highest BCUT2D eigenvalue weighted by molar-refractivity contribution is 5.90. The molecule has 1 aromatic carbocycles. The quantitative estimate of drug-likeness (QED) is 0.674. The molecule has 0 bridgehead atoms. The molecule has 23 heavy (non-hydrogen) atoms. The third-order valence-electron chi connectivity index (χ3n) is 3.63. The van der Waals surface area contributed by atoms with Crippen LogP contribution < -0.4 is 5.32 Å². The molecule has 6 heteroatoms. The second kappa shape index (κ2) is 6.08. The fourth-order valence-corrected chi connectivity index (χ4v) is 2.58. The summed E-state index contributed by atoms with van der Waals surface area (Å²) >= 11 is 0. The van der Waals surface area contributed by atoms with Gasteiger partial charge in [0, 0.05) is 12.1 Å². The Labute approximate surface area is 133 Å². The highest BCUT2D eigenvalue weighted by Gasteiger charge is 2.20. The maximum atomic E-state index is 11.6. The highest BCUT2D eigenvalue weighted by Crippen LogP contribution is 2.22. The van der Waals surface area contributed by atoms with Gasteiger partial charge < -0.3 is 15.4 Å². The van der Waals surface area contributed by atoms with Gasteiger partial charge in [0.15, 0.2) is 0 Å². The fourth-order valence-electron chi connectivity index (χ4n) is 2.58. The van der Waals surface area contributed by atoms with Gasteiger partial charge >= 0.3 is 5.97 Å². The monoisotopic (exact) mass is 310 g/mol. The Morgan fingerprint density at radius 1 is 1.26 bits per heavy atom. The van der Waals surface area contributed by atoms with E-state index < -0.39 is 12.0 Å². The Bertz CT molecular complexity index is 842. The molecule has 0 aliphatic heterocycles. The summed E-state index contributed by atoms with van der Waals surface area (Å²) < 4.78 is 0. The minimum absolute atomic E-state index is 0.379. The average molecular weight is 310 g/mol. The SMILES string of the molecule is Cc1nc(NC(Cc2ccccc2)C(=O)O)c2cc(C)[nH]c2n1. The summed E-state index contributed by atoms with van der Waals surface area (Å²) in [7, 11) is 0. The summed E-state index contributed by atoms with van der Waals surface area (Å²) in [5.41, 5.74) is 2.62. The van der Waals surface area contributed by atoms with E-state index >= 15 is 0 Å². The normalized spacial score (nSPS) is 12.3. The molecule has 0 aliphatic rings. The lowest BCUT2D eigenvalue weighted by atomic mass is 10.1. The number of aliphatic carboxylic acids is 1. The van der Waals surface area contributed by atoms with Gasteiger partial charge in [0.1, 0.15) is 23.3 Å². The number of carbonyl (C=O) groups is 1. The third-order valence-corrected chi connectivity index (χ3v) is 3.63. The second-order valence-electron chi connectivity index (χ2n) is 5.56. The predicted octanol–water partition coefficient (Wildman–Crippen LogP) is 2.68. The first-order valence-electron chi connectivity index (χ1n) is 7.40. The first-order chi connectivity index (χ1) is 11.0. The average Bonchev–Trinajstić information content (AvgIpc) is 2.87. The molecule has 0 amide bonds. The smallest absolute Gasteiger partial charge is 0.326 e. The third kappa shape index (κ3) is 3.31. The van der Waals surface area contributed by atoms with Gasteiger partial charge in [0.25, 0.3) is 0 Å². The van der Waals surface area contributed by atoms with Crippen LogP contribution in [-0.2, 0) is 11.2 Å². The zero-order valence-electron chi connectivity index (χ0n) is 13.0. The number of aromatic amines is 1. The Balaban J connectivity index is 1.93. The molecule has 2 aromatic heterocycles. The Kier molecular flexibility index (Phi) is 3.97. The van der Waals surface area contributed by atoms with Crippen molar-refractivity contribution >= 4 is 22.8 Å². The lowest BCUT2D eigenvalue weighted by molar-refractivity contribution is -0.137. The van der Waals surface area contributed by atoms with Crippen molar-refractivity contribution in [3.05, 3.63) is 53.5 Å². The summed E-state index contributed by atoms with van der Waals surface area (Å²) in [6.07, 6.45) is 0.379. The number of nitrogens with zero attached hydrogens (tertiary/aromatic N) is 2. The van der Waals surface area contributed by atoms with Crippen LogP contribution in [0.25, 0.3) is 11.0 Å². The molecule has 1 atom stereocenters. The molecule has 0 radical (unpaired) electrons. The molecular weight excluding hydrogens is 292 g/mol. The van der Waals surface area contributed by atoms with Crippen LogP contribution in [0.4, 0.5) is 5.82 Å². The molecule has 1 unspecified atom stereocenters. The van der Waals surface area contributed by atoms with E-state index in [-0.39, 0.29) is 0 Å². The molecule has 3 aromatic rings. The number of benzene rings is 1. The second-order valence-corrected chi connectivity index (χ2v) is 5.56. The summed E-state index contributed by atoms with van der Waals surface area (Å²) in [6, 6.07) is 10.7. The van der Waals surface area contributed by atoms with Crippen molar-refractivity contribution in [2.45, 2.75) is 26.3 Å². The number of hydrogen-bond donors (Lipinski definition) is 3. The zero-order chi connectivity index (χ0) is 16.4. The van der Waals surface area contributed by atoms with Gasteiger partial charge in [-0.05, 0) is 25.5 Å². The van der Waals surface area contributed by atoms with E-state index in [1.165, 1.54) is 0 Å². The van der Waals surface area contributed by atoms with Gasteiger partial charge in [-0.2, -0.15) is 0 Å². The highest BCUT2D eigenvalue weighted by atomic mass is 16.4. The van der Waals surface area contributed by atoms with Crippen molar-refractivity contribution in [3.63, 3.8) is 0 Å². The Hall–Kier alpha value is -2.89. The number of fused-ring (bicyclic) bond motifs is 1. The molecule has 3 N–H and O–H groups in total. The van der Waals surface area contributed by atoms with Crippen LogP contribution in [-0.4, -0.2) is 32.1 Å². The minimum atomic E-state index is -0.912. The number of rotatable bonds is 5. The lowest BCUT2D eigenvalue weighted by Crippen LogP contribution is -2.32. The zero-order valence-corrected chi connectivity index (χ0v) is 13.0. The first-order valence-corrected chi connectivity index (χ1v) is 7.40. The van der Waals surface area contributed by atoms with Crippen LogP contribution in [0, 0.1) is 13.8 Å². The number of carboxylic acids is 1. The van der Waals surface area contributed by atoms with E-state index in [0.717, 1.165) is 16.6 Å². The van der Waals surface area contributed by atoms with Crippen LogP contribution in [0.15, 0.2) is 36.4 Å². The number of H-pyrrole nitrogens is 1. The number of nitrogens with one attached hydrogen (secondary N) is 2. The molecule has 3 rings (SSSR count). The number of aromatic nitrogens is 3. The molecule has 0 fully saturated rings. The Morgan fingerprint density at radius 3 is 2.70 bits per heavy atom. The predicted molar refractivity (Wildman–Crippen MR) is 88.6 cm³/mol. The van der Waals surface area contributed by atoms with Gasteiger partial charge in [-0.3, -0.25) is 0 Å². The number of hydrogen-bond acceptors (Lipinski definition) is 4.